The lowest BCUT2D eigenvalue weighted by Crippen LogP contribution is -2.09. The van der Waals surface area contributed by atoms with Crippen molar-refractivity contribution in [1.82, 2.24) is 15.0 Å². The van der Waals surface area contributed by atoms with Gasteiger partial charge in [0.1, 0.15) is 6.07 Å². The van der Waals surface area contributed by atoms with Crippen molar-refractivity contribution < 1.29 is 0 Å². The van der Waals surface area contributed by atoms with Crippen molar-refractivity contribution in [3.63, 3.8) is 0 Å². The first-order chi connectivity index (χ1) is 7.29. The topological polar surface area (TPSA) is 82.4 Å². The molecule has 0 aromatic carbocycles. The molecule has 5 heteroatoms. The minimum absolute atomic E-state index is 0.421. The van der Waals surface area contributed by atoms with Crippen LogP contribution in [0.5, 0.6) is 0 Å². The molecule has 72 valence electrons. The lowest BCUT2D eigenvalue weighted by molar-refractivity contribution is 1.08. The van der Waals surface area contributed by atoms with Crippen molar-refractivity contribution >= 4 is 0 Å². The van der Waals surface area contributed by atoms with Crippen LogP contribution in [-0.4, -0.2) is 15.0 Å². The summed E-state index contributed by atoms with van der Waals surface area (Å²) in [4.78, 5) is 20.9. The van der Waals surface area contributed by atoms with E-state index in [1.807, 2.05) is 6.07 Å². The van der Waals surface area contributed by atoms with E-state index in [9.17, 15) is 4.79 Å². The van der Waals surface area contributed by atoms with Crippen LogP contribution < -0.4 is 5.69 Å². The van der Waals surface area contributed by atoms with Gasteiger partial charge < -0.3 is 4.98 Å². The Balaban J connectivity index is 2.55. The number of nitrogens with one attached hydrogen (secondary N) is 1. The minimum atomic E-state index is -0.421. The Labute approximate surface area is 85.1 Å². The van der Waals surface area contributed by atoms with E-state index in [4.69, 9.17) is 5.26 Å². The molecule has 0 radical (unpaired) electrons. The zero-order chi connectivity index (χ0) is 10.7. The highest BCUT2D eigenvalue weighted by Gasteiger charge is 2.00. The Hall–Kier alpha value is -2.48. The van der Waals surface area contributed by atoms with E-state index in [0.717, 1.165) is 0 Å². The predicted molar refractivity (Wildman–Crippen MR) is 52.8 cm³/mol. The van der Waals surface area contributed by atoms with Gasteiger partial charge in [-0.2, -0.15) is 5.26 Å². The largest absolute Gasteiger partial charge is 0.345 e. The summed E-state index contributed by atoms with van der Waals surface area (Å²) in [6.45, 7) is 0. The smallest absolute Gasteiger partial charge is 0.305 e. The molecule has 2 heterocycles. The molecule has 0 saturated carbocycles. The summed E-state index contributed by atoms with van der Waals surface area (Å²) in [5, 5.41) is 8.69. The molecule has 15 heavy (non-hydrogen) atoms. The predicted octanol–water partition coefficient (Wildman–Crippen LogP) is 0.704. The summed E-state index contributed by atoms with van der Waals surface area (Å²) >= 11 is 0. The fourth-order valence-electron chi connectivity index (χ4n) is 1.19. The second kappa shape index (κ2) is 3.72. The van der Waals surface area contributed by atoms with Crippen molar-refractivity contribution in [3.05, 3.63) is 46.8 Å². The third-order valence-electron chi connectivity index (χ3n) is 1.85. The molecular formula is C10H6N4O. The molecular weight excluding hydrogens is 192 g/mol. The Morgan fingerprint density at radius 2 is 2.27 bits per heavy atom. The highest BCUT2D eigenvalue weighted by Crippen LogP contribution is 2.14. The number of pyridine rings is 1. The molecule has 0 aliphatic carbocycles. The van der Waals surface area contributed by atoms with Gasteiger partial charge in [-0.1, -0.05) is 0 Å². The van der Waals surface area contributed by atoms with E-state index in [-0.39, 0.29) is 0 Å². The molecule has 0 saturated heterocycles. The first-order valence-electron chi connectivity index (χ1n) is 4.20. The van der Waals surface area contributed by atoms with Gasteiger partial charge >= 0.3 is 5.69 Å². The van der Waals surface area contributed by atoms with Gasteiger partial charge in [0.15, 0.2) is 0 Å². The maximum absolute atomic E-state index is 11.0. The van der Waals surface area contributed by atoms with Crippen LogP contribution in [0.3, 0.4) is 0 Å². The molecule has 2 aromatic rings. The van der Waals surface area contributed by atoms with Crippen molar-refractivity contribution in [2.75, 3.05) is 0 Å². The molecule has 0 atom stereocenters. The Kier molecular flexibility index (Phi) is 2.25. The fraction of sp³-hybridized carbons (Fsp3) is 0. The maximum atomic E-state index is 11.0. The van der Waals surface area contributed by atoms with Gasteiger partial charge in [-0.25, -0.2) is 9.78 Å². The Morgan fingerprint density at radius 1 is 1.40 bits per heavy atom. The van der Waals surface area contributed by atoms with Crippen LogP contribution >= 0.6 is 0 Å². The maximum Gasteiger partial charge on any atom is 0.345 e. The molecule has 2 rings (SSSR count). The first kappa shape index (κ1) is 9.09. The SMILES string of the molecule is N#Cc1cncc(-c2ccnc(=O)[nH]2)c1. The summed E-state index contributed by atoms with van der Waals surface area (Å²) in [5.41, 5.74) is 1.31. The molecule has 5 nitrogen and oxygen atoms in total. The van der Waals surface area contributed by atoms with E-state index in [2.05, 4.69) is 15.0 Å². The molecule has 0 fully saturated rings. The lowest BCUT2D eigenvalue weighted by Gasteiger charge is -1.99. The zero-order valence-corrected chi connectivity index (χ0v) is 7.64. The standard InChI is InChI=1S/C10H6N4O/c11-4-7-3-8(6-12-5-7)9-1-2-13-10(15)14-9/h1-3,5-6H,(H,13,14,15). The monoisotopic (exact) mass is 198 g/mol. The van der Waals surface area contributed by atoms with Crippen molar-refractivity contribution in [2.24, 2.45) is 0 Å². The van der Waals surface area contributed by atoms with E-state index >= 15 is 0 Å². The average Bonchev–Trinajstić information content (AvgIpc) is 2.29. The Bertz CT molecular complexity index is 582. The van der Waals surface area contributed by atoms with Gasteiger partial charge in [-0.3, -0.25) is 4.98 Å². The quantitative estimate of drug-likeness (QED) is 0.731. The third kappa shape index (κ3) is 1.89. The molecule has 2 aromatic heterocycles. The molecule has 0 aliphatic heterocycles. The molecule has 0 spiro atoms. The number of nitriles is 1. The normalized spacial score (nSPS) is 9.53. The number of nitrogens with zero attached hydrogens (tertiary/aromatic N) is 3. The minimum Gasteiger partial charge on any atom is -0.305 e. The summed E-state index contributed by atoms with van der Waals surface area (Å²) in [6.07, 6.45) is 4.45. The van der Waals surface area contributed by atoms with Gasteiger partial charge in [-0.15, -0.1) is 0 Å². The number of H-pyrrole nitrogens is 1. The van der Waals surface area contributed by atoms with E-state index in [1.54, 1.807) is 18.3 Å². The zero-order valence-electron chi connectivity index (χ0n) is 7.64. The van der Waals surface area contributed by atoms with Crippen LogP contribution in [0, 0.1) is 11.3 Å². The third-order valence-corrected chi connectivity index (χ3v) is 1.85. The average molecular weight is 198 g/mol. The Morgan fingerprint density at radius 3 is 3.00 bits per heavy atom. The highest BCUT2D eigenvalue weighted by atomic mass is 16.1. The van der Waals surface area contributed by atoms with Crippen molar-refractivity contribution in [3.8, 4) is 17.3 Å². The number of rotatable bonds is 1. The van der Waals surface area contributed by atoms with Gasteiger partial charge in [0, 0.05) is 24.2 Å². The molecule has 0 bridgehead atoms. The summed E-state index contributed by atoms with van der Waals surface area (Å²) in [6, 6.07) is 5.28. The van der Waals surface area contributed by atoms with E-state index < -0.39 is 5.69 Å². The molecule has 1 N–H and O–H groups in total. The highest BCUT2D eigenvalue weighted by molar-refractivity contribution is 5.58. The number of hydrogen-bond donors (Lipinski definition) is 1. The van der Waals surface area contributed by atoms with Crippen LogP contribution in [0.4, 0.5) is 0 Å². The number of aromatic amines is 1. The van der Waals surface area contributed by atoms with Crippen LogP contribution in [0.2, 0.25) is 0 Å². The van der Waals surface area contributed by atoms with Crippen molar-refractivity contribution in [2.45, 2.75) is 0 Å². The number of hydrogen-bond acceptors (Lipinski definition) is 4. The first-order valence-corrected chi connectivity index (χ1v) is 4.20. The molecule has 0 aliphatic rings. The van der Waals surface area contributed by atoms with Crippen LogP contribution in [0.1, 0.15) is 5.56 Å². The summed E-state index contributed by atoms with van der Waals surface area (Å²) < 4.78 is 0. The molecule has 0 unspecified atom stereocenters. The van der Waals surface area contributed by atoms with Gasteiger partial charge in [-0.05, 0) is 12.1 Å². The fourth-order valence-corrected chi connectivity index (χ4v) is 1.19. The van der Waals surface area contributed by atoms with Crippen LogP contribution in [-0.2, 0) is 0 Å². The summed E-state index contributed by atoms with van der Waals surface area (Å²) in [7, 11) is 0. The number of aromatic nitrogens is 3. The van der Waals surface area contributed by atoms with Gasteiger partial charge in [0.05, 0.1) is 11.3 Å². The van der Waals surface area contributed by atoms with Crippen LogP contribution in [0.25, 0.3) is 11.3 Å². The second-order valence-electron chi connectivity index (χ2n) is 2.86. The van der Waals surface area contributed by atoms with Crippen LogP contribution in [0.15, 0.2) is 35.5 Å². The van der Waals surface area contributed by atoms with Gasteiger partial charge in [0.2, 0.25) is 0 Å². The van der Waals surface area contributed by atoms with Crippen molar-refractivity contribution in [1.29, 1.82) is 5.26 Å². The lowest BCUT2D eigenvalue weighted by atomic mass is 10.1. The van der Waals surface area contributed by atoms with E-state index in [1.165, 1.54) is 12.4 Å². The molecule has 0 amide bonds. The summed E-state index contributed by atoms with van der Waals surface area (Å²) in [5.74, 6) is 0. The van der Waals surface area contributed by atoms with Gasteiger partial charge in [0.25, 0.3) is 0 Å². The van der Waals surface area contributed by atoms with E-state index in [0.29, 0.717) is 16.8 Å². The second-order valence-corrected chi connectivity index (χ2v) is 2.86.